The predicted octanol–water partition coefficient (Wildman–Crippen LogP) is 6.54. The van der Waals surface area contributed by atoms with Gasteiger partial charge in [0.05, 0.1) is 5.69 Å². The zero-order valence-corrected chi connectivity index (χ0v) is 23.6. The summed E-state index contributed by atoms with van der Waals surface area (Å²) in [7, 11) is 0. The van der Waals surface area contributed by atoms with Crippen molar-refractivity contribution in [1.29, 1.82) is 0 Å². The lowest BCUT2D eigenvalue weighted by atomic mass is 9.88. The third kappa shape index (κ3) is 4.33. The fourth-order valence-corrected chi connectivity index (χ4v) is 6.18. The number of imide groups is 1. The van der Waals surface area contributed by atoms with Crippen molar-refractivity contribution in [2.45, 2.75) is 32.0 Å². The molecule has 0 bridgehead atoms. The molecule has 208 valence electrons. The molecule has 8 heteroatoms. The van der Waals surface area contributed by atoms with Crippen LogP contribution in [-0.4, -0.2) is 33.8 Å². The Hall–Kier alpha value is -4.88. The topological polar surface area (TPSA) is 85.5 Å². The van der Waals surface area contributed by atoms with Gasteiger partial charge in [-0.2, -0.15) is 0 Å². The highest BCUT2D eigenvalue weighted by Crippen LogP contribution is 2.44. The van der Waals surface area contributed by atoms with E-state index in [-0.39, 0.29) is 17.8 Å². The van der Waals surface area contributed by atoms with Gasteiger partial charge in [-0.05, 0) is 66.1 Å². The standard InChI is InChI=1S/C34H27ClN4O3/c1-20-6-10-22(11-7-20)31-30-27(26-4-2-3-5-28(26)37-30)18-29-33(41)38(34(42)39(29)31)25-16-12-23(13-17-25)32(40)36-19-21-8-14-24(35)15-9-21/h2-17,29,31,37H,18-19H2,1H3,(H,36,40)/t29-,31-/m0/s1. The number of benzene rings is 4. The maximum Gasteiger partial charge on any atom is 0.332 e. The minimum atomic E-state index is -0.641. The molecule has 5 aromatic rings. The van der Waals surface area contributed by atoms with Crippen molar-refractivity contribution in [2.75, 3.05) is 4.90 Å². The summed E-state index contributed by atoms with van der Waals surface area (Å²) in [6, 6.07) is 28.5. The van der Waals surface area contributed by atoms with E-state index in [1.807, 2.05) is 61.5 Å². The van der Waals surface area contributed by atoms with E-state index in [9.17, 15) is 14.4 Å². The molecule has 42 heavy (non-hydrogen) atoms. The third-order valence-electron chi connectivity index (χ3n) is 8.20. The van der Waals surface area contributed by atoms with Crippen LogP contribution in [-0.2, 0) is 17.8 Å². The van der Waals surface area contributed by atoms with E-state index in [2.05, 4.69) is 16.4 Å². The molecule has 1 fully saturated rings. The van der Waals surface area contributed by atoms with Gasteiger partial charge in [-0.1, -0.05) is 71.8 Å². The van der Waals surface area contributed by atoms with Crippen LogP contribution in [0.1, 0.15) is 44.3 Å². The van der Waals surface area contributed by atoms with Crippen LogP contribution in [0.2, 0.25) is 5.02 Å². The number of urea groups is 1. The van der Waals surface area contributed by atoms with Gasteiger partial charge in [0.1, 0.15) is 12.1 Å². The molecule has 4 amide bonds. The lowest BCUT2D eigenvalue weighted by Gasteiger charge is -2.36. The zero-order valence-electron chi connectivity index (χ0n) is 22.8. The van der Waals surface area contributed by atoms with E-state index in [1.165, 1.54) is 4.90 Å². The van der Waals surface area contributed by atoms with Gasteiger partial charge in [0.15, 0.2) is 0 Å². The van der Waals surface area contributed by atoms with Crippen LogP contribution in [0.3, 0.4) is 0 Å². The Balaban J connectivity index is 1.19. The van der Waals surface area contributed by atoms with Gasteiger partial charge >= 0.3 is 6.03 Å². The number of rotatable bonds is 5. The Labute approximate surface area is 247 Å². The van der Waals surface area contributed by atoms with Crippen molar-refractivity contribution >= 4 is 46.0 Å². The molecule has 4 aromatic carbocycles. The molecule has 0 spiro atoms. The van der Waals surface area contributed by atoms with E-state index in [1.54, 1.807) is 41.3 Å². The molecular formula is C34H27ClN4O3. The highest BCUT2D eigenvalue weighted by Gasteiger charge is 2.53. The van der Waals surface area contributed by atoms with Gasteiger partial charge in [-0.3, -0.25) is 14.5 Å². The summed E-state index contributed by atoms with van der Waals surface area (Å²) < 4.78 is 0. The molecule has 0 radical (unpaired) electrons. The number of hydrogen-bond donors (Lipinski definition) is 2. The van der Waals surface area contributed by atoms with Crippen LogP contribution in [0.5, 0.6) is 0 Å². The highest BCUT2D eigenvalue weighted by molar-refractivity contribution is 6.30. The zero-order chi connectivity index (χ0) is 29.0. The fourth-order valence-electron chi connectivity index (χ4n) is 6.06. The van der Waals surface area contributed by atoms with Crippen molar-refractivity contribution in [2.24, 2.45) is 0 Å². The second kappa shape index (κ2) is 10.2. The van der Waals surface area contributed by atoms with Crippen molar-refractivity contribution in [1.82, 2.24) is 15.2 Å². The summed E-state index contributed by atoms with van der Waals surface area (Å²) in [5.41, 5.74) is 6.84. The number of carbonyl (C=O) groups is 3. The number of H-pyrrole nitrogens is 1. The van der Waals surface area contributed by atoms with Crippen molar-refractivity contribution < 1.29 is 14.4 Å². The number of fused-ring (bicyclic) bond motifs is 4. The first-order valence-electron chi connectivity index (χ1n) is 13.8. The summed E-state index contributed by atoms with van der Waals surface area (Å²) in [6.45, 7) is 2.38. The molecule has 1 aromatic heterocycles. The Bertz CT molecular complexity index is 1850. The highest BCUT2D eigenvalue weighted by atomic mass is 35.5. The molecule has 0 aliphatic carbocycles. The summed E-state index contributed by atoms with van der Waals surface area (Å²) in [5.74, 6) is -0.522. The van der Waals surface area contributed by atoms with Crippen LogP contribution in [0.25, 0.3) is 10.9 Å². The minimum absolute atomic E-state index is 0.252. The maximum atomic E-state index is 14.1. The average molecular weight is 575 g/mol. The summed E-state index contributed by atoms with van der Waals surface area (Å²) in [4.78, 5) is 47.3. The monoisotopic (exact) mass is 574 g/mol. The summed E-state index contributed by atoms with van der Waals surface area (Å²) in [6.07, 6.45) is 0.425. The smallest absolute Gasteiger partial charge is 0.332 e. The number of amides is 4. The number of anilines is 1. The van der Waals surface area contributed by atoms with E-state index in [0.717, 1.165) is 38.9 Å². The van der Waals surface area contributed by atoms with Crippen molar-refractivity contribution in [3.63, 3.8) is 0 Å². The quantitative estimate of drug-likeness (QED) is 0.234. The first-order valence-corrected chi connectivity index (χ1v) is 14.2. The molecule has 2 atom stereocenters. The lowest BCUT2D eigenvalue weighted by molar-refractivity contribution is -0.120. The van der Waals surface area contributed by atoms with Crippen molar-refractivity contribution in [3.8, 4) is 0 Å². The Morgan fingerprint density at radius 3 is 2.38 bits per heavy atom. The molecule has 1 saturated heterocycles. The predicted molar refractivity (Wildman–Crippen MR) is 163 cm³/mol. The van der Waals surface area contributed by atoms with Gasteiger partial charge in [-0.25, -0.2) is 9.69 Å². The van der Waals surface area contributed by atoms with Crippen LogP contribution >= 0.6 is 11.6 Å². The number of nitrogens with zero attached hydrogens (tertiary/aromatic N) is 2. The molecule has 2 aliphatic heterocycles. The number of aromatic nitrogens is 1. The van der Waals surface area contributed by atoms with Crippen LogP contribution in [0.15, 0.2) is 97.1 Å². The number of aromatic amines is 1. The maximum absolute atomic E-state index is 14.1. The Morgan fingerprint density at radius 1 is 0.929 bits per heavy atom. The molecular weight excluding hydrogens is 548 g/mol. The van der Waals surface area contributed by atoms with E-state index in [0.29, 0.717) is 29.2 Å². The molecule has 7 rings (SSSR count). The first kappa shape index (κ1) is 26.0. The fraction of sp³-hybridized carbons (Fsp3) is 0.147. The van der Waals surface area contributed by atoms with E-state index in [4.69, 9.17) is 11.6 Å². The van der Waals surface area contributed by atoms with Gasteiger partial charge in [0.25, 0.3) is 11.8 Å². The molecule has 2 aliphatic rings. The normalized spacial score (nSPS) is 17.9. The molecule has 2 N–H and O–H groups in total. The number of hydrogen-bond acceptors (Lipinski definition) is 3. The molecule has 7 nitrogen and oxygen atoms in total. The number of para-hydroxylation sites is 1. The number of aryl methyl sites for hydroxylation is 1. The van der Waals surface area contributed by atoms with E-state index >= 15 is 0 Å². The van der Waals surface area contributed by atoms with Crippen LogP contribution in [0, 0.1) is 6.92 Å². The third-order valence-corrected chi connectivity index (χ3v) is 8.45. The van der Waals surface area contributed by atoms with Crippen molar-refractivity contribution in [3.05, 3.63) is 136 Å². The lowest BCUT2D eigenvalue weighted by Crippen LogP contribution is -2.44. The van der Waals surface area contributed by atoms with Gasteiger partial charge in [0, 0.05) is 40.1 Å². The average Bonchev–Trinajstić information content (AvgIpc) is 3.50. The summed E-state index contributed by atoms with van der Waals surface area (Å²) >= 11 is 5.94. The van der Waals surface area contributed by atoms with E-state index < -0.39 is 12.1 Å². The molecule has 0 saturated carbocycles. The van der Waals surface area contributed by atoms with Crippen LogP contribution in [0.4, 0.5) is 10.5 Å². The van der Waals surface area contributed by atoms with Gasteiger partial charge in [0.2, 0.25) is 0 Å². The first-order chi connectivity index (χ1) is 20.4. The number of halogens is 1. The number of nitrogens with one attached hydrogen (secondary N) is 2. The second-order valence-corrected chi connectivity index (χ2v) is 11.3. The van der Waals surface area contributed by atoms with Crippen LogP contribution < -0.4 is 10.2 Å². The number of carbonyl (C=O) groups excluding carboxylic acids is 3. The summed E-state index contributed by atoms with van der Waals surface area (Å²) in [5, 5.41) is 4.59. The van der Waals surface area contributed by atoms with Gasteiger partial charge in [-0.15, -0.1) is 0 Å². The Morgan fingerprint density at radius 2 is 1.64 bits per heavy atom. The second-order valence-electron chi connectivity index (χ2n) is 10.8. The van der Waals surface area contributed by atoms with Gasteiger partial charge < -0.3 is 10.3 Å². The Kier molecular flexibility index (Phi) is 6.32. The largest absolute Gasteiger partial charge is 0.356 e. The molecule has 3 heterocycles. The SMILES string of the molecule is Cc1ccc([C@H]2c3[nH]c4ccccc4c3C[C@H]3C(=O)N(c4ccc(C(=O)NCc5ccc(Cl)cc5)cc4)C(=O)N23)cc1. The molecule has 0 unspecified atom stereocenters. The minimum Gasteiger partial charge on any atom is -0.356 e.